The molecule has 102 valence electrons. The molecule has 2 N–H and O–H groups in total. The molecular weight excluding hydrogens is 212 g/mol. The average molecular weight is 242 g/mol. The Bertz CT molecular complexity index is 219. The quantitative estimate of drug-likeness (QED) is 0.673. The Morgan fingerprint density at radius 2 is 1.76 bits per heavy atom. The molecular formula is C14H30N2O. The molecule has 0 aromatic heterocycles. The number of nitrogens with one attached hydrogen (secondary N) is 2. The van der Waals surface area contributed by atoms with Crippen molar-refractivity contribution in [2.75, 3.05) is 19.6 Å². The number of hydrogen-bond donors (Lipinski definition) is 2. The van der Waals surface area contributed by atoms with E-state index in [-0.39, 0.29) is 17.2 Å². The molecule has 1 unspecified atom stereocenters. The van der Waals surface area contributed by atoms with Crippen LogP contribution in [0.15, 0.2) is 0 Å². The highest BCUT2D eigenvalue weighted by molar-refractivity contribution is 5.79. The topological polar surface area (TPSA) is 41.1 Å². The molecule has 0 aliphatic heterocycles. The van der Waals surface area contributed by atoms with E-state index in [4.69, 9.17) is 0 Å². The van der Waals surface area contributed by atoms with Gasteiger partial charge in [0.25, 0.3) is 0 Å². The molecule has 17 heavy (non-hydrogen) atoms. The van der Waals surface area contributed by atoms with Crippen molar-refractivity contribution in [1.29, 1.82) is 0 Å². The van der Waals surface area contributed by atoms with Gasteiger partial charge in [-0.2, -0.15) is 0 Å². The van der Waals surface area contributed by atoms with E-state index in [1.165, 1.54) is 0 Å². The van der Waals surface area contributed by atoms with Crippen LogP contribution >= 0.6 is 0 Å². The molecule has 1 amide bonds. The second-order valence-electron chi connectivity index (χ2n) is 6.19. The Kier molecular flexibility index (Phi) is 7.44. The standard InChI is InChI=1S/C14H30N2O/c1-7-15-8-9-16-13(17)12(10-11(2)3)14(4,5)6/h11-12,15H,7-10H2,1-6H3,(H,16,17). The van der Waals surface area contributed by atoms with E-state index in [2.05, 4.69) is 52.2 Å². The van der Waals surface area contributed by atoms with Gasteiger partial charge < -0.3 is 10.6 Å². The van der Waals surface area contributed by atoms with E-state index in [9.17, 15) is 4.79 Å². The zero-order valence-corrected chi connectivity index (χ0v) is 12.4. The van der Waals surface area contributed by atoms with Crippen molar-refractivity contribution in [3.8, 4) is 0 Å². The third kappa shape index (κ3) is 7.37. The van der Waals surface area contributed by atoms with E-state index < -0.39 is 0 Å². The predicted molar refractivity (Wildman–Crippen MR) is 74.0 cm³/mol. The summed E-state index contributed by atoms with van der Waals surface area (Å²) in [6, 6.07) is 0. The van der Waals surface area contributed by atoms with Crippen molar-refractivity contribution in [2.45, 2.75) is 48.0 Å². The fourth-order valence-corrected chi connectivity index (χ4v) is 1.90. The molecule has 0 heterocycles. The predicted octanol–water partition coefficient (Wildman–Crippen LogP) is 2.42. The number of carbonyl (C=O) groups excluding carboxylic acids is 1. The van der Waals surface area contributed by atoms with Crippen LogP contribution in [0.3, 0.4) is 0 Å². The number of hydrogen-bond acceptors (Lipinski definition) is 2. The summed E-state index contributed by atoms with van der Waals surface area (Å²) in [5.74, 6) is 0.854. The highest BCUT2D eigenvalue weighted by Crippen LogP contribution is 2.31. The summed E-state index contributed by atoms with van der Waals surface area (Å²) in [6.07, 6.45) is 0.955. The van der Waals surface area contributed by atoms with Crippen LogP contribution in [0.2, 0.25) is 0 Å². The molecule has 0 aromatic carbocycles. The van der Waals surface area contributed by atoms with E-state index >= 15 is 0 Å². The molecule has 1 atom stereocenters. The van der Waals surface area contributed by atoms with Crippen LogP contribution in [0.5, 0.6) is 0 Å². The van der Waals surface area contributed by atoms with Gasteiger partial charge in [0.05, 0.1) is 0 Å². The summed E-state index contributed by atoms with van der Waals surface area (Å²) < 4.78 is 0. The summed E-state index contributed by atoms with van der Waals surface area (Å²) in [4.78, 5) is 12.1. The molecule has 0 radical (unpaired) electrons. The number of likely N-dealkylation sites (N-methyl/N-ethyl adjacent to an activating group) is 1. The van der Waals surface area contributed by atoms with Crippen molar-refractivity contribution < 1.29 is 4.79 Å². The first-order valence-corrected chi connectivity index (χ1v) is 6.77. The monoisotopic (exact) mass is 242 g/mol. The van der Waals surface area contributed by atoms with Crippen LogP contribution in [0, 0.1) is 17.3 Å². The van der Waals surface area contributed by atoms with Crippen molar-refractivity contribution in [1.82, 2.24) is 10.6 Å². The first-order chi connectivity index (χ1) is 7.79. The highest BCUT2D eigenvalue weighted by atomic mass is 16.1. The summed E-state index contributed by atoms with van der Waals surface area (Å²) in [5.41, 5.74) is 0.0343. The van der Waals surface area contributed by atoms with Gasteiger partial charge in [-0.3, -0.25) is 4.79 Å². The summed E-state index contributed by atoms with van der Waals surface area (Å²) in [6.45, 7) is 15.4. The lowest BCUT2D eigenvalue weighted by atomic mass is 9.76. The van der Waals surface area contributed by atoms with Gasteiger partial charge in [-0.15, -0.1) is 0 Å². The van der Waals surface area contributed by atoms with Gasteiger partial charge in [0, 0.05) is 19.0 Å². The van der Waals surface area contributed by atoms with Crippen LogP contribution in [0.25, 0.3) is 0 Å². The van der Waals surface area contributed by atoms with Gasteiger partial charge in [-0.05, 0) is 24.3 Å². The van der Waals surface area contributed by atoms with Gasteiger partial charge in [0.15, 0.2) is 0 Å². The Morgan fingerprint density at radius 1 is 1.18 bits per heavy atom. The lowest BCUT2D eigenvalue weighted by molar-refractivity contribution is -0.128. The van der Waals surface area contributed by atoms with Crippen molar-refractivity contribution in [3.63, 3.8) is 0 Å². The molecule has 0 saturated heterocycles. The molecule has 0 aliphatic carbocycles. The van der Waals surface area contributed by atoms with Gasteiger partial charge in [-0.25, -0.2) is 0 Å². The van der Waals surface area contributed by atoms with Crippen LogP contribution in [-0.4, -0.2) is 25.5 Å². The molecule has 3 heteroatoms. The molecule has 0 rings (SSSR count). The van der Waals surface area contributed by atoms with Crippen LogP contribution in [0.1, 0.15) is 48.0 Å². The number of amides is 1. The maximum Gasteiger partial charge on any atom is 0.223 e. The highest BCUT2D eigenvalue weighted by Gasteiger charge is 2.31. The van der Waals surface area contributed by atoms with Crippen molar-refractivity contribution >= 4 is 5.91 Å². The zero-order chi connectivity index (χ0) is 13.5. The smallest absolute Gasteiger partial charge is 0.223 e. The fraction of sp³-hybridized carbons (Fsp3) is 0.929. The van der Waals surface area contributed by atoms with Gasteiger partial charge in [0.1, 0.15) is 0 Å². The normalized spacial score (nSPS) is 13.8. The van der Waals surface area contributed by atoms with Crippen LogP contribution < -0.4 is 10.6 Å². The minimum Gasteiger partial charge on any atom is -0.355 e. The van der Waals surface area contributed by atoms with Crippen LogP contribution in [0.4, 0.5) is 0 Å². The van der Waals surface area contributed by atoms with Crippen molar-refractivity contribution in [2.24, 2.45) is 17.3 Å². The van der Waals surface area contributed by atoms with Gasteiger partial charge in [0.2, 0.25) is 5.91 Å². The number of carbonyl (C=O) groups is 1. The van der Waals surface area contributed by atoms with Crippen LogP contribution in [-0.2, 0) is 4.79 Å². The Labute approximate surface area is 107 Å². The molecule has 0 aliphatic rings. The SMILES string of the molecule is CCNCCNC(=O)C(CC(C)C)C(C)(C)C. The number of rotatable bonds is 7. The maximum absolute atomic E-state index is 12.1. The minimum absolute atomic E-state index is 0.0343. The summed E-state index contributed by atoms with van der Waals surface area (Å²) in [5, 5.41) is 6.24. The van der Waals surface area contributed by atoms with Gasteiger partial charge >= 0.3 is 0 Å². The maximum atomic E-state index is 12.1. The Balaban J connectivity index is 4.24. The first kappa shape index (κ1) is 16.4. The molecule has 3 nitrogen and oxygen atoms in total. The molecule has 0 aromatic rings. The summed E-state index contributed by atoms with van der Waals surface area (Å²) >= 11 is 0. The van der Waals surface area contributed by atoms with E-state index in [0.717, 1.165) is 26.1 Å². The molecule has 0 bridgehead atoms. The molecule has 0 saturated carbocycles. The second-order valence-corrected chi connectivity index (χ2v) is 6.19. The largest absolute Gasteiger partial charge is 0.355 e. The lowest BCUT2D eigenvalue weighted by Crippen LogP contribution is -2.41. The fourth-order valence-electron chi connectivity index (χ4n) is 1.90. The van der Waals surface area contributed by atoms with Crippen molar-refractivity contribution in [3.05, 3.63) is 0 Å². The third-order valence-electron chi connectivity index (χ3n) is 2.92. The van der Waals surface area contributed by atoms with E-state index in [0.29, 0.717) is 5.92 Å². The third-order valence-corrected chi connectivity index (χ3v) is 2.92. The Morgan fingerprint density at radius 3 is 2.18 bits per heavy atom. The molecule has 0 fully saturated rings. The minimum atomic E-state index is 0.0343. The Hall–Kier alpha value is -0.570. The summed E-state index contributed by atoms with van der Waals surface area (Å²) in [7, 11) is 0. The average Bonchev–Trinajstić information content (AvgIpc) is 2.19. The second kappa shape index (κ2) is 7.70. The van der Waals surface area contributed by atoms with E-state index in [1.54, 1.807) is 0 Å². The zero-order valence-electron chi connectivity index (χ0n) is 12.4. The van der Waals surface area contributed by atoms with E-state index in [1.807, 2.05) is 0 Å². The molecule has 0 spiro atoms. The van der Waals surface area contributed by atoms with Gasteiger partial charge in [-0.1, -0.05) is 41.5 Å². The lowest BCUT2D eigenvalue weighted by Gasteiger charge is -2.31. The first-order valence-electron chi connectivity index (χ1n) is 6.77.